The zero-order valence-electron chi connectivity index (χ0n) is 24.3. The molecular weight excluding hydrogens is 607 g/mol. The largest absolute Gasteiger partial charge is 0.497 e. The van der Waals surface area contributed by atoms with Gasteiger partial charge in [-0.25, -0.2) is 8.42 Å². The number of carbonyl (C=O) groups is 2. The van der Waals surface area contributed by atoms with Crippen LogP contribution in [-0.4, -0.2) is 50.4 Å². The maximum atomic E-state index is 14.0. The third kappa shape index (κ3) is 8.64. The first-order valence-electron chi connectivity index (χ1n) is 13.1. The zero-order chi connectivity index (χ0) is 32.2. The molecule has 0 aliphatic carbocycles. The molecule has 0 heterocycles. The summed E-state index contributed by atoms with van der Waals surface area (Å²) in [6.45, 7) is 5.78. The number of nitrogens with zero attached hydrogens (tertiary/aromatic N) is 2. The molecule has 0 aliphatic rings. The van der Waals surface area contributed by atoms with Crippen LogP contribution in [0, 0.1) is 0 Å². The van der Waals surface area contributed by atoms with Gasteiger partial charge in [0.1, 0.15) is 18.3 Å². The summed E-state index contributed by atoms with van der Waals surface area (Å²) in [6, 6.07) is 15.2. The predicted molar refractivity (Wildman–Crippen MR) is 158 cm³/mol. The van der Waals surface area contributed by atoms with E-state index in [0.29, 0.717) is 21.7 Å². The molecule has 2 amide bonds. The monoisotopic (exact) mass is 639 g/mol. The number of rotatable bonds is 10. The Bertz CT molecular complexity index is 1540. The van der Waals surface area contributed by atoms with Crippen LogP contribution in [-0.2, 0) is 32.3 Å². The van der Waals surface area contributed by atoms with Crippen LogP contribution in [0.3, 0.4) is 0 Å². The second-order valence-corrected chi connectivity index (χ2v) is 13.0. The number of nitrogens with one attached hydrogen (secondary N) is 1. The molecular formula is C30H33ClF3N3O5S. The molecule has 0 bridgehead atoms. The van der Waals surface area contributed by atoms with Crippen molar-refractivity contribution < 1.29 is 35.9 Å². The summed E-state index contributed by atoms with van der Waals surface area (Å²) < 4.78 is 74.6. The van der Waals surface area contributed by atoms with Crippen LogP contribution in [0.15, 0.2) is 77.7 Å². The number of alkyl halides is 3. The molecule has 1 N–H and O–H groups in total. The van der Waals surface area contributed by atoms with Crippen molar-refractivity contribution in [1.29, 1.82) is 0 Å². The fraction of sp³-hybridized carbons (Fsp3) is 0.333. The van der Waals surface area contributed by atoms with Gasteiger partial charge in [-0.05, 0) is 75.7 Å². The molecule has 0 saturated carbocycles. The Labute approximate surface area is 254 Å². The summed E-state index contributed by atoms with van der Waals surface area (Å²) >= 11 is 5.80. The van der Waals surface area contributed by atoms with Crippen LogP contribution in [0.2, 0.25) is 5.02 Å². The Balaban J connectivity index is 2.11. The minimum atomic E-state index is -4.89. The van der Waals surface area contributed by atoms with Gasteiger partial charge in [-0.15, -0.1) is 0 Å². The Hall–Kier alpha value is -3.77. The molecule has 43 heavy (non-hydrogen) atoms. The molecule has 0 aliphatic heterocycles. The lowest BCUT2D eigenvalue weighted by Crippen LogP contribution is -2.54. The van der Waals surface area contributed by atoms with Gasteiger partial charge >= 0.3 is 6.18 Å². The van der Waals surface area contributed by atoms with Crippen molar-refractivity contribution in [3.05, 3.63) is 88.9 Å². The number of halogens is 4. The lowest BCUT2D eigenvalue weighted by molar-refractivity contribution is -0.140. The van der Waals surface area contributed by atoms with Gasteiger partial charge in [-0.1, -0.05) is 41.9 Å². The maximum absolute atomic E-state index is 14.0. The molecule has 0 unspecified atom stereocenters. The Morgan fingerprint density at radius 2 is 1.58 bits per heavy atom. The van der Waals surface area contributed by atoms with E-state index in [4.69, 9.17) is 16.3 Å². The molecule has 232 valence electrons. The third-order valence-corrected chi connectivity index (χ3v) is 8.45. The number of sulfonamides is 1. The van der Waals surface area contributed by atoms with Gasteiger partial charge in [0, 0.05) is 12.1 Å². The van der Waals surface area contributed by atoms with Crippen LogP contribution in [0.1, 0.15) is 38.8 Å². The summed E-state index contributed by atoms with van der Waals surface area (Å²) in [7, 11) is -3.06. The van der Waals surface area contributed by atoms with E-state index in [-0.39, 0.29) is 11.4 Å². The molecule has 0 saturated heterocycles. The van der Waals surface area contributed by atoms with E-state index >= 15 is 0 Å². The number of methoxy groups -OCH3 is 1. The molecule has 8 nitrogen and oxygen atoms in total. The molecule has 13 heteroatoms. The summed E-state index contributed by atoms with van der Waals surface area (Å²) in [5, 5.41) is 2.17. The molecule has 1 atom stereocenters. The van der Waals surface area contributed by atoms with E-state index in [0.717, 1.165) is 12.1 Å². The van der Waals surface area contributed by atoms with Gasteiger partial charge in [-0.3, -0.25) is 13.9 Å². The van der Waals surface area contributed by atoms with E-state index in [1.54, 1.807) is 51.1 Å². The van der Waals surface area contributed by atoms with Crippen LogP contribution in [0.5, 0.6) is 5.75 Å². The summed E-state index contributed by atoms with van der Waals surface area (Å²) in [5.41, 5.74) is -1.72. The number of hydrogen-bond acceptors (Lipinski definition) is 5. The van der Waals surface area contributed by atoms with E-state index in [1.807, 2.05) is 0 Å². The normalized spacial score (nSPS) is 12.8. The SMILES string of the molecule is COc1ccc(CN(C(=O)CN(c2ccc(Cl)c(C(F)(F)F)c2)S(=O)(=O)c2ccccc2)[C@@H](C)C(=O)NC(C)(C)C)cc1. The topological polar surface area (TPSA) is 96.0 Å². The van der Waals surface area contributed by atoms with Gasteiger partial charge in [0.15, 0.2) is 0 Å². The number of carbonyl (C=O) groups excluding carboxylic acids is 2. The first-order valence-corrected chi connectivity index (χ1v) is 14.9. The molecule has 0 fully saturated rings. The number of ether oxygens (including phenoxy) is 1. The molecule has 0 radical (unpaired) electrons. The highest BCUT2D eigenvalue weighted by Crippen LogP contribution is 2.38. The third-order valence-electron chi connectivity index (χ3n) is 6.33. The van der Waals surface area contributed by atoms with Gasteiger partial charge < -0.3 is 15.0 Å². The summed E-state index contributed by atoms with van der Waals surface area (Å²) in [5.74, 6) is -0.767. The Kier molecular flexibility index (Phi) is 10.4. The predicted octanol–water partition coefficient (Wildman–Crippen LogP) is 5.89. The van der Waals surface area contributed by atoms with Crippen LogP contribution in [0.4, 0.5) is 18.9 Å². The maximum Gasteiger partial charge on any atom is 0.417 e. The molecule has 3 aromatic carbocycles. The second-order valence-electron chi connectivity index (χ2n) is 10.8. The Morgan fingerprint density at radius 3 is 2.12 bits per heavy atom. The van der Waals surface area contributed by atoms with Gasteiger partial charge in [-0.2, -0.15) is 13.2 Å². The van der Waals surface area contributed by atoms with Crippen molar-refractivity contribution in [2.45, 2.75) is 56.9 Å². The average molecular weight is 640 g/mol. The van der Waals surface area contributed by atoms with Crippen LogP contribution >= 0.6 is 11.6 Å². The lowest BCUT2D eigenvalue weighted by atomic mass is 10.1. The van der Waals surface area contributed by atoms with Crippen LogP contribution in [0.25, 0.3) is 0 Å². The standard InChI is InChI=1S/C30H33ClF3N3O5S/c1-20(28(39)35-29(2,3)4)36(18-21-11-14-23(42-5)15-12-21)27(38)19-37(43(40,41)24-9-7-6-8-10-24)22-13-16-26(31)25(17-22)30(32,33)34/h6-17,20H,18-19H2,1-5H3,(H,35,39)/t20-/m0/s1. The minimum absolute atomic E-state index is 0.102. The molecule has 3 aromatic rings. The first kappa shape index (κ1) is 33.7. The molecule has 0 aromatic heterocycles. The molecule has 3 rings (SSSR count). The Morgan fingerprint density at radius 1 is 0.977 bits per heavy atom. The highest BCUT2D eigenvalue weighted by Gasteiger charge is 2.37. The minimum Gasteiger partial charge on any atom is -0.497 e. The lowest BCUT2D eigenvalue weighted by Gasteiger charge is -2.33. The van der Waals surface area contributed by atoms with E-state index in [2.05, 4.69) is 5.32 Å². The second kappa shape index (κ2) is 13.3. The smallest absolute Gasteiger partial charge is 0.417 e. The first-order chi connectivity index (χ1) is 19.9. The number of amides is 2. The zero-order valence-corrected chi connectivity index (χ0v) is 25.8. The van der Waals surface area contributed by atoms with Crippen molar-refractivity contribution in [2.75, 3.05) is 18.0 Å². The van der Waals surface area contributed by atoms with Crippen molar-refractivity contribution >= 4 is 39.1 Å². The van der Waals surface area contributed by atoms with Gasteiger partial charge in [0.25, 0.3) is 10.0 Å². The summed E-state index contributed by atoms with van der Waals surface area (Å²) in [6.07, 6.45) is -4.89. The highest BCUT2D eigenvalue weighted by molar-refractivity contribution is 7.92. The summed E-state index contributed by atoms with van der Waals surface area (Å²) in [4.78, 5) is 28.1. The van der Waals surface area contributed by atoms with Crippen molar-refractivity contribution in [3.63, 3.8) is 0 Å². The fourth-order valence-electron chi connectivity index (χ4n) is 4.12. The van der Waals surface area contributed by atoms with Gasteiger partial charge in [0.05, 0.1) is 28.3 Å². The fourth-order valence-corrected chi connectivity index (χ4v) is 5.77. The van der Waals surface area contributed by atoms with Crippen molar-refractivity contribution in [1.82, 2.24) is 10.2 Å². The van der Waals surface area contributed by atoms with Gasteiger partial charge in [0.2, 0.25) is 11.8 Å². The average Bonchev–Trinajstić information content (AvgIpc) is 2.93. The van der Waals surface area contributed by atoms with E-state index in [1.165, 1.54) is 43.2 Å². The van der Waals surface area contributed by atoms with E-state index in [9.17, 15) is 31.2 Å². The number of anilines is 1. The van der Waals surface area contributed by atoms with E-state index < -0.39 is 62.4 Å². The quantitative estimate of drug-likeness (QED) is 0.298. The van der Waals surface area contributed by atoms with Crippen LogP contribution < -0.4 is 14.4 Å². The number of hydrogen-bond donors (Lipinski definition) is 1. The highest BCUT2D eigenvalue weighted by atomic mass is 35.5. The molecule has 0 spiro atoms. The number of benzene rings is 3. The van der Waals surface area contributed by atoms with Crippen molar-refractivity contribution in [2.24, 2.45) is 0 Å². The van der Waals surface area contributed by atoms with Crippen molar-refractivity contribution in [3.8, 4) is 5.75 Å².